The molecular formula is C17H18N2OS. The Hall–Kier alpha value is -1.94. The number of carbonyl (C=O) groups is 1. The van der Waals surface area contributed by atoms with E-state index in [-0.39, 0.29) is 5.91 Å². The maximum absolute atomic E-state index is 12.4. The summed E-state index contributed by atoms with van der Waals surface area (Å²) in [5, 5.41) is 0. The highest BCUT2D eigenvalue weighted by Crippen LogP contribution is 2.31. The van der Waals surface area contributed by atoms with Gasteiger partial charge >= 0.3 is 0 Å². The van der Waals surface area contributed by atoms with Crippen molar-refractivity contribution in [1.82, 2.24) is 0 Å². The van der Waals surface area contributed by atoms with Crippen molar-refractivity contribution in [2.45, 2.75) is 18.2 Å². The van der Waals surface area contributed by atoms with Crippen LogP contribution in [0.1, 0.15) is 11.1 Å². The number of amides is 1. The molecule has 108 valence electrons. The van der Waals surface area contributed by atoms with Crippen molar-refractivity contribution >= 4 is 29.0 Å². The van der Waals surface area contributed by atoms with Gasteiger partial charge in [0, 0.05) is 22.8 Å². The Kier molecular flexibility index (Phi) is 3.88. The van der Waals surface area contributed by atoms with Gasteiger partial charge in [0.25, 0.3) is 0 Å². The van der Waals surface area contributed by atoms with Gasteiger partial charge in [0.1, 0.15) is 0 Å². The molecule has 0 aliphatic carbocycles. The van der Waals surface area contributed by atoms with Crippen LogP contribution in [0.4, 0.5) is 11.4 Å². The predicted octanol–water partition coefficient (Wildman–Crippen LogP) is 3.26. The number of para-hydroxylation sites is 2. The van der Waals surface area contributed by atoms with Crippen LogP contribution >= 0.6 is 11.8 Å². The van der Waals surface area contributed by atoms with Crippen molar-refractivity contribution in [1.29, 1.82) is 0 Å². The number of fused-ring (bicyclic) bond motifs is 1. The van der Waals surface area contributed by atoms with E-state index in [0.29, 0.717) is 5.75 Å². The Morgan fingerprint density at radius 3 is 2.90 bits per heavy atom. The second-order valence-corrected chi connectivity index (χ2v) is 6.22. The lowest BCUT2D eigenvalue weighted by Gasteiger charge is -2.17. The number of benzene rings is 2. The molecule has 0 aromatic heterocycles. The second kappa shape index (κ2) is 5.82. The van der Waals surface area contributed by atoms with Gasteiger partial charge in [0.15, 0.2) is 0 Å². The molecule has 3 nitrogen and oxygen atoms in total. The van der Waals surface area contributed by atoms with Gasteiger partial charge in [-0.2, -0.15) is 0 Å². The first-order valence-electron chi connectivity index (χ1n) is 7.03. The predicted molar refractivity (Wildman–Crippen MR) is 88.8 cm³/mol. The SMILES string of the molecule is Cc1cccc(SCC(=O)N2CCc3ccccc32)c1N. The van der Waals surface area contributed by atoms with E-state index < -0.39 is 0 Å². The fourth-order valence-electron chi connectivity index (χ4n) is 2.59. The fraction of sp³-hybridized carbons (Fsp3) is 0.235. The summed E-state index contributed by atoms with van der Waals surface area (Å²) in [5.41, 5.74) is 10.2. The minimum absolute atomic E-state index is 0.144. The van der Waals surface area contributed by atoms with Crippen LogP contribution in [-0.2, 0) is 11.2 Å². The van der Waals surface area contributed by atoms with Crippen LogP contribution in [0.5, 0.6) is 0 Å². The van der Waals surface area contributed by atoms with Crippen molar-refractivity contribution in [3.63, 3.8) is 0 Å². The molecule has 2 N–H and O–H groups in total. The molecule has 2 aromatic carbocycles. The highest BCUT2D eigenvalue weighted by molar-refractivity contribution is 8.00. The molecule has 21 heavy (non-hydrogen) atoms. The zero-order chi connectivity index (χ0) is 14.8. The highest BCUT2D eigenvalue weighted by Gasteiger charge is 2.24. The number of thioether (sulfide) groups is 1. The number of aryl methyl sites for hydroxylation is 1. The maximum atomic E-state index is 12.4. The zero-order valence-electron chi connectivity index (χ0n) is 12.0. The Balaban J connectivity index is 1.69. The van der Waals surface area contributed by atoms with Crippen LogP contribution in [0.3, 0.4) is 0 Å². The smallest absolute Gasteiger partial charge is 0.237 e. The first-order chi connectivity index (χ1) is 10.2. The van der Waals surface area contributed by atoms with Crippen molar-refractivity contribution in [2.24, 2.45) is 0 Å². The first kappa shape index (κ1) is 14.0. The fourth-order valence-corrected chi connectivity index (χ4v) is 3.52. The Bertz CT molecular complexity index is 684. The summed E-state index contributed by atoms with van der Waals surface area (Å²) < 4.78 is 0. The molecule has 0 fully saturated rings. The van der Waals surface area contributed by atoms with E-state index in [2.05, 4.69) is 6.07 Å². The van der Waals surface area contributed by atoms with Crippen LogP contribution in [0.15, 0.2) is 47.4 Å². The van der Waals surface area contributed by atoms with Gasteiger partial charge < -0.3 is 10.6 Å². The number of hydrogen-bond donors (Lipinski definition) is 1. The number of rotatable bonds is 3. The second-order valence-electron chi connectivity index (χ2n) is 5.20. The van der Waals surface area contributed by atoms with Crippen molar-refractivity contribution in [3.05, 3.63) is 53.6 Å². The molecular weight excluding hydrogens is 280 g/mol. The van der Waals surface area contributed by atoms with Crippen molar-refractivity contribution < 1.29 is 4.79 Å². The van der Waals surface area contributed by atoms with Gasteiger partial charge in [-0.05, 0) is 36.6 Å². The molecule has 0 atom stereocenters. The number of nitrogens with two attached hydrogens (primary N) is 1. The topological polar surface area (TPSA) is 46.3 Å². The van der Waals surface area contributed by atoms with Crippen LogP contribution in [0.2, 0.25) is 0 Å². The normalized spacial score (nSPS) is 13.3. The quantitative estimate of drug-likeness (QED) is 0.699. The number of hydrogen-bond acceptors (Lipinski definition) is 3. The highest BCUT2D eigenvalue weighted by atomic mass is 32.2. The van der Waals surface area contributed by atoms with E-state index >= 15 is 0 Å². The molecule has 1 aliphatic rings. The third kappa shape index (κ3) is 2.76. The van der Waals surface area contributed by atoms with E-state index in [9.17, 15) is 4.79 Å². The Morgan fingerprint density at radius 2 is 2.05 bits per heavy atom. The van der Waals surface area contributed by atoms with E-state index in [0.717, 1.165) is 34.8 Å². The van der Waals surface area contributed by atoms with Crippen LogP contribution in [-0.4, -0.2) is 18.2 Å². The van der Waals surface area contributed by atoms with Gasteiger partial charge in [-0.3, -0.25) is 4.79 Å². The lowest BCUT2D eigenvalue weighted by atomic mass is 10.2. The summed E-state index contributed by atoms with van der Waals surface area (Å²) in [4.78, 5) is 15.3. The molecule has 0 spiro atoms. The number of carbonyl (C=O) groups excluding carboxylic acids is 1. The lowest BCUT2D eigenvalue weighted by molar-refractivity contribution is -0.116. The number of nitrogens with zero attached hydrogens (tertiary/aromatic N) is 1. The molecule has 4 heteroatoms. The summed E-state index contributed by atoms with van der Waals surface area (Å²) in [6.45, 7) is 2.76. The molecule has 1 amide bonds. The molecule has 0 bridgehead atoms. The van der Waals surface area contributed by atoms with Crippen molar-refractivity contribution in [2.75, 3.05) is 22.9 Å². The van der Waals surface area contributed by atoms with Crippen molar-refractivity contribution in [3.8, 4) is 0 Å². The molecule has 1 aliphatic heterocycles. The minimum atomic E-state index is 0.144. The third-order valence-corrected chi connectivity index (χ3v) is 4.88. The largest absolute Gasteiger partial charge is 0.398 e. The average Bonchev–Trinajstić information content (AvgIpc) is 2.92. The van der Waals surface area contributed by atoms with E-state index in [1.54, 1.807) is 0 Å². The molecule has 0 radical (unpaired) electrons. The summed E-state index contributed by atoms with van der Waals surface area (Å²) in [6.07, 6.45) is 0.944. The van der Waals surface area contributed by atoms with E-state index in [1.807, 2.05) is 48.2 Å². The van der Waals surface area contributed by atoms with Crippen LogP contribution in [0.25, 0.3) is 0 Å². The molecule has 0 saturated carbocycles. The standard InChI is InChI=1S/C17H18N2OS/c1-12-5-4-8-15(17(12)18)21-11-16(20)19-10-9-13-6-2-3-7-14(13)19/h2-8H,9-11,18H2,1H3. The third-order valence-electron chi connectivity index (χ3n) is 3.82. The monoisotopic (exact) mass is 298 g/mol. The van der Waals surface area contributed by atoms with Gasteiger partial charge in [-0.25, -0.2) is 0 Å². The van der Waals surface area contributed by atoms with Crippen LogP contribution in [0, 0.1) is 6.92 Å². The number of anilines is 2. The van der Waals surface area contributed by atoms with E-state index in [4.69, 9.17) is 5.73 Å². The summed E-state index contributed by atoms with van der Waals surface area (Å²) >= 11 is 1.51. The maximum Gasteiger partial charge on any atom is 0.237 e. The molecule has 2 aromatic rings. The first-order valence-corrected chi connectivity index (χ1v) is 8.01. The lowest BCUT2D eigenvalue weighted by Crippen LogP contribution is -2.30. The summed E-state index contributed by atoms with van der Waals surface area (Å²) in [6, 6.07) is 14.0. The minimum Gasteiger partial charge on any atom is -0.398 e. The molecule has 1 heterocycles. The Morgan fingerprint density at radius 1 is 1.24 bits per heavy atom. The molecule has 0 unspecified atom stereocenters. The van der Waals surface area contributed by atoms with Gasteiger partial charge in [0.2, 0.25) is 5.91 Å². The summed E-state index contributed by atoms with van der Waals surface area (Å²) in [7, 11) is 0. The Labute approximate surface area is 129 Å². The van der Waals surface area contributed by atoms with Crippen LogP contribution < -0.4 is 10.6 Å². The number of nitrogen functional groups attached to an aromatic ring is 1. The average molecular weight is 298 g/mol. The van der Waals surface area contributed by atoms with Gasteiger partial charge in [-0.15, -0.1) is 11.8 Å². The molecule has 3 rings (SSSR count). The van der Waals surface area contributed by atoms with E-state index in [1.165, 1.54) is 17.3 Å². The summed E-state index contributed by atoms with van der Waals surface area (Å²) in [5.74, 6) is 0.563. The van der Waals surface area contributed by atoms with Gasteiger partial charge in [0.05, 0.1) is 5.75 Å². The molecule has 0 saturated heterocycles. The zero-order valence-corrected chi connectivity index (χ0v) is 12.8. The van der Waals surface area contributed by atoms with Gasteiger partial charge in [-0.1, -0.05) is 30.3 Å².